The van der Waals surface area contributed by atoms with Gasteiger partial charge < -0.3 is 14.4 Å². The highest BCUT2D eigenvalue weighted by Crippen LogP contribution is 2.42. The van der Waals surface area contributed by atoms with Crippen LogP contribution in [0, 0.1) is 5.41 Å². The maximum atomic E-state index is 11.3. The van der Waals surface area contributed by atoms with E-state index in [4.69, 9.17) is 4.89 Å². The Morgan fingerprint density at radius 1 is 1.28 bits per heavy atom. The number of carbonyl (C=O) groups excluding carboxylic acids is 2. The van der Waals surface area contributed by atoms with Crippen LogP contribution in [0.15, 0.2) is 0 Å². The Hall–Kier alpha value is -0.950. The minimum absolute atomic E-state index is 0.178. The largest absolute Gasteiger partial charge is 0.475 e. The van der Waals surface area contributed by atoms with Gasteiger partial charge in [-0.15, -0.1) is 0 Å². The Morgan fingerprint density at radius 2 is 1.89 bits per heavy atom. The zero-order chi connectivity index (χ0) is 14.2. The number of carbonyl (C=O) groups is 2. The maximum absolute atomic E-state index is 11.3. The minimum atomic E-state index is -4.31. The second-order valence-electron chi connectivity index (χ2n) is 4.20. The highest BCUT2D eigenvalue weighted by Gasteiger charge is 2.26. The lowest BCUT2D eigenvalue weighted by Gasteiger charge is -2.17. The van der Waals surface area contributed by atoms with Crippen molar-refractivity contribution in [3.8, 4) is 0 Å². The number of ether oxygens (including phenoxy) is 2. The van der Waals surface area contributed by atoms with Crippen LogP contribution in [-0.2, 0) is 32.7 Å². The van der Waals surface area contributed by atoms with Gasteiger partial charge in [0, 0.05) is 0 Å². The van der Waals surface area contributed by atoms with Crippen molar-refractivity contribution in [1.82, 2.24) is 0 Å². The van der Waals surface area contributed by atoms with E-state index in [0.29, 0.717) is 0 Å². The average molecular weight is 284 g/mol. The molecule has 0 saturated carbocycles. The van der Waals surface area contributed by atoms with E-state index in [2.05, 4.69) is 18.5 Å². The molecule has 18 heavy (non-hydrogen) atoms. The average Bonchev–Trinajstić information content (AvgIpc) is 2.23. The fourth-order valence-electron chi connectivity index (χ4n) is 0.649. The topological polar surface area (TPSA) is 108 Å². The van der Waals surface area contributed by atoms with Crippen molar-refractivity contribution < 1.29 is 37.6 Å². The van der Waals surface area contributed by atoms with Gasteiger partial charge in [-0.1, -0.05) is 0 Å². The van der Waals surface area contributed by atoms with Crippen molar-refractivity contribution in [2.75, 3.05) is 20.0 Å². The minimum Gasteiger partial charge on any atom is -0.465 e. The lowest BCUT2D eigenvalue weighted by atomic mass is 9.98. The zero-order valence-electron chi connectivity index (χ0n) is 10.5. The zero-order valence-corrected chi connectivity index (χ0v) is 11.3. The summed E-state index contributed by atoms with van der Waals surface area (Å²) in [6.07, 6.45) is 0. The Labute approximate surface area is 105 Å². The third-order valence-corrected chi connectivity index (χ3v) is 2.48. The molecule has 0 saturated heterocycles. The van der Waals surface area contributed by atoms with Gasteiger partial charge in [0.1, 0.15) is 6.61 Å². The number of esters is 1. The molecule has 0 heterocycles. The van der Waals surface area contributed by atoms with Gasteiger partial charge in [0.25, 0.3) is 6.47 Å². The molecule has 0 spiro atoms. The second kappa shape index (κ2) is 7.48. The molecule has 0 aliphatic heterocycles. The molecule has 0 aromatic heterocycles. The van der Waals surface area contributed by atoms with E-state index in [0.717, 1.165) is 0 Å². The molecule has 0 aliphatic carbocycles. The van der Waals surface area contributed by atoms with Crippen LogP contribution in [0.25, 0.3) is 0 Å². The molecular weight excluding hydrogens is 267 g/mol. The van der Waals surface area contributed by atoms with Crippen molar-refractivity contribution in [3.63, 3.8) is 0 Å². The maximum Gasteiger partial charge on any atom is 0.475 e. The molecule has 106 valence electrons. The fourth-order valence-corrected chi connectivity index (χ4v) is 1.21. The SMILES string of the molecule is CC(C)(C)C(=O)OCOP(=O)(O)OCCOC=O. The molecule has 0 bridgehead atoms. The molecule has 9 heteroatoms. The number of hydrogen-bond acceptors (Lipinski definition) is 7. The smallest absolute Gasteiger partial charge is 0.465 e. The first kappa shape index (κ1) is 17.1. The highest BCUT2D eigenvalue weighted by molar-refractivity contribution is 7.47. The summed E-state index contributed by atoms with van der Waals surface area (Å²) in [5.41, 5.74) is -0.735. The Bertz CT molecular complexity index is 321. The summed E-state index contributed by atoms with van der Waals surface area (Å²) in [7, 11) is -4.31. The van der Waals surface area contributed by atoms with Crippen LogP contribution in [0.2, 0.25) is 0 Å². The van der Waals surface area contributed by atoms with E-state index >= 15 is 0 Å². The van der Waals surface area contributed by atoms with Gasteiger partial charge in [-0.05, 0) is 20.8 Å². The summed E-state index contributed by atoms with van der Waals surface area (Å²) in [5, 5.41) is 0. The van der Waals surface area contributed by atoms with E-state index in [-0.39, 0.29) is 19.7 Å². The van der Waals surface area contributed by atoms with E-state index in [1.54, 1.807) is 20.8 Å². The van der Waals surface area contributed by atoms with E-state index < -0.39 is 26.0 Å². The highest BCUT2D eigenvalue weighted by atomic mass is 31.2. The molecule has 8 nitrogen and oxygen atoms in total. The third-order valence-electron chi connectivity index (χ3n) is 1.54. The Morgan fingerprint density at radius 3 is 2.39 bits per heavy atom. The van der Waals surface area contributed by atoms with Gasteiger partial charge in [-0.3, -0.25) is 14.1 Å². The first-order valence-corrected chi connectivity index (χ1v) is 6.53. The monoisotopic (exact) mass is 284 g/mol. The third kappa shape index (κ3) is 8.19. The molecule has 1 unspecified atom stereocenters. The molecule has 0 amide bonds. The summed E-state index contributed by atoms with van der Waals surface area (Å²) in [6.45, 7) is 3.87. The molecule has 1 N–H and O–H groups in total. The first-order valence-electron chi connectivity index (χ1n) is 5.03. The van der Waals surface area contributed by atoms with Crippen LogP contribution in [-0.4, -0.2) is 37.3 Å². The van der Waals surface area contributed by atoms with Gasteiger partial charge in [-0.2, -0.15) is 0 Å². The molecule has 0 aliphatic rings. The van der Waals surface area contributed by atoms with E-state index in [1.165, 1.54) is 0 Å². The van der Waals surface area contributed by atoms with Crippen molar-refractivity contribution in [1.29, 1.82) is 0 Å². The van der Waals surface area contributed by atoms with Crippen LogP contribution in [0.4, 0.5) is 0 Å². The van der Waals surface area contributed by atoms with Crippen LogP contribution in [0.5, 0.6) is 0 Å². The normalized spacial score (nSPS) is 14.7. The molecule has 1 atom stereocenters. The van der Waals surface area contributed by atoms with Gasteiger partial charge in [0.2, 0.25) is 6.79 Å². The molecular formula is C9H17O8P. The molecule has 0 fully saturated rings. The van der Waals surface area contributed by atoms with E-state index in [9.17, 15) is 14.2 Å². The molecule has 0 aromatic rings. The second-order valence-corrected chi connectivity index (χ2v) is 5.65. The van der Waals surface area contributed by atoms with Crippen LogP contribution < -0.4 is 0 Å². The fraction of sp³-hybridized carbons (Fsp3) is 0.778. The predicted octanol–water partition coefficient (Wildman–Crippen LogP) is 0.840. The van der Waals surface area contributed by atoms with E-state index in [1.807, 2.05) is 0 Å². The van der Waals surface area contributed by atoms with Crippen LogP contribution in [0.1, 0.15) is 20.8 Å². The van der Waals surface area contributed by atoms with Gasteiger partial charge in [0.15, 0.2) is 0 Å². The summed E-state index contributed by atoms with van der Waals surface area (Å²) in [4.78, 5) is 30.2. The lowest BCUT2D eigenvalue weighted by Crippen LogP contribution is -2.23. The quantitative estimate of drug-likeness (QED) is 0.229. The van der Waals surface area contributed by atoms with Gasteiger partial charge in [0.05, 0.1) is 12.0 Å². The Kier molecular flexibility index (Phi) is 7.08. The molecule has 0 aromatic carbocycles. The molecule has 0 radical (unpaired) electrons. The Balaban J connectivity index is 3.87. The van der Waals surface area contributed by atoms with Crippen molar-refractivity contribution >= 4 is 20.3 Å². The number of phosphoric ester groups is 1. The summed E-state index contributed by atoms with van der Waals surface area (Å²) < 4.78 is 28.8. The summed E-state index contributed by atoms with van der Waals surface area (Å²) >= 11 is 0. The summed E-state index contributed by atoms with van der Waals surface area (Å²) in [6, 6.07) is 0. The predicted molar refractivity (Wildman–Crippen MR) is 59.3 cm³/mol. The van der Waals surface area contributed by atoms with Crippen molar-refractivity contribution in [2.45, 2.75) is 20.8 Å². The molecule has 0 rings (SSSR count). The summed E-state index contributed by atoms with van der Waals surface area (Å²) in [5.74, 6) is -0.577. The first-order chi connectivity index (χ1) is 8.19. The lowest BCUT2D eigenvalue weighted by molar-refractivity contribution is -0.160. The van der Waals surface area contributed by atoms with Crippen molar-refractivity contribution in [2.24, 2.45) is 5.41 Å². The van der Waals surface area contributed by atoms with Gasteiger partial charge >= 0.3 is 13.8 Å². The van der Waals surface area contributed by atoms with Crippen molar-refractivity contribution in [3.05, 3.63) is 0 Å². The number of phosphoric acid groups is 1. The van der Waals surface area contributed by atoms with Crippen LogP contribution in [0.3, 0.4) is 0 Å². The number of rotatable bonds is 8. The van der Waals surface area contributed by atoms with Crippen LogP contribution >= 0.6 is 7.82 Å². The van der Waals surface area contributed by atoms with Gasteiger partial charge in [-0.25, -0.2) is 9.09 Å². The number of hydrogen-bond donors (Lipinski definition) is 1. The standard InChI is InChI=1S/C9H17O8P/c1-9(2,3)8(11)15-7-17-18(12,13)16-5-4-14-6-10/h6H,4-5,7H2,1-3H3,(H,12,13).